The summed E-state index contributed by atoms with van der Waals surface area (Å²) >= 11 is 1.30. The largest absolute Gasteiger partial charge is 0.268 e. The second-order valence-corrected chi connectivity index (χ2v) is 7.65. The fourth-order valence-electron chi connectivity index (χ4n) is 2.79. The van der Waals surface area contributed by atoms with E-state index in [9.17, 15) is 10.1 Å². The predicted molar refractivity (Wildman–Crippen MR) is 107 cm³/mol. The molecular weight excluding hydrogens is 342 g/mol. The summed E-state index contributed by atoms with van der Waals surface area (Å²) in [5.74, 6) is 0.475. The molecule has 3 aromatic rings. The lowest BCUT2D eigenvalue weighted by molar-refractivity contribution is 0.732. The van der Waals surface area contributed by atoms with Crippen LogP contribution in [-0.4, -0.2) is 14.8 Å². The lowest BCUT2D eigenvalue weighted by Gasteiger charge is -2.15. The molecule has 0 bridgehead atoms. The third kappa shape index (κ3) is 3.51. The first-order chi connectivity index (χ1) is 12.5. The van der Waals surface area contributed by atoms with Gasteiger partial charge in [0.2, 0.25) is 0 Å². The van der Waals surface area contributed by atoms with E-state index >= 15 is 0 Å². The van der Waals surface area contributed by atoms with Crippen molar-refractivity contribution in [2.24, 2.45) is 0 Å². The van der Waals surface area contributed by atoms with Gasteiger partial charge in [-0.15, -0.1) is 0 Å². The maximum absolute atomic E-state index is 13.1. The molecular formula is C21H21N3OS. The number of para-hydroxylation sites is 1. The van der Waals surface area contributed by atoms with Gasteiger partial charge < -0.3 is 0 Å². The van der Waals surface area contributed by atoms with Crippen LogP contribution in [0.25, 0.3) is 16.6 Å². The van der Waals surface area contributed by atoms with Gasteiger partial charge in [0.15, 0.2) is 5.16 Å². The van der Waals surface area contributed by atoms with Crippen molar-refractivity contribution < 1.29 is 0 Å². The van der Waals surface area contributed by atoms with Gasteiger partial charge in [-0.1, -0.05) is 49.9 Å². The zero-order valence-electron chi connectivity index (χ0n) is 15.1. The summed E-state index contributed by atoms with van der Waals surface area (Å²) < 4.78 is 1.61. The first kappa shape index (κ1) is 18.2. The first-order valence-electron chi connectivity index (χ1n) is 8.73. The number of nitriles is 1. The third-order valence-electron chi connectivity index (χ3n) is 4.54. The Kier molecular flexibility index (Phi) is 5.43. The molecule has 0 saturated heterocycles. The second-order valence-electron chi connectivity index (χ2n) is 6.34. The van der Waals surface area contributed by atoms with Crippen molar-refractivity contribution >= 4 is 22.7 Å². The summed E-state index contributed by atoms with van der Waals surface area (Å²) in [6.07, 6.45) is 1.07. The van der Waals surface area contributed by atoms with Gasteiger partial charge in [-0.25, -0.2) is 4.98 Å². The molecule has 2 atom stereocenters. The normalized spacial score (nSPS) is 13.3. The Morgan fingerprint density at radius 2 is 1.85 bits per heavy atom. The predicted octanol–water partition coefficient (Wildman–Crippen LogP) is 4.90. The quantitative estimate of drug-likeness (QED) is 0.478. The molecule has 0 saturated carbocycles. The average Bonchev–Trinajstić information content (AvgIpc) is 2.67. The van der Waals surface area contributed by atoms with Crippen LogP contribution in [0.2, 0.25) is 0 Å². The van der Waals surface area contributed by atoms with Crippen LogP contribution < -0.4 is 5.56 Å². The van der Waals surface area contributed by atoms with Crippen LogP contribution in [0.15, 0.2) is 58.5 Å². The van der Waals surface area contributed by atoms with E-state index in [4.69, 9.17) is 0 Å². The molecule has 0 aliphatic carbocycles. The lowest BCUT2D eigenvalue weighted by Crippen LogP contribution is -2.22. The van der Waals surface area contributed by atoms with E-state index in [2.05, 4.69) is 37.0 Å². The highest BCUT2D eigenvalue weighted by Gasteiger charge is 2.16. The van der Waals surface area contributed by atoms with Crippen LogP contribution >= 0.6 is 11.8 Å². The van der Waals surface area contributed by atoms with Crippen LogP contribution in [0.4, 0.5) is 0 Å². The zero-order valence-corrected chi connectivity index (χ0v) is 16.0. The summed E-state index contributed by atoms with van der Waals surface area (Å²) in [5.41, 5.74) is 2.56. The molecule has 0 aliphatic rings. The minimum absolute atomic E-state index is 0.112. The van der Waals surface area contributed by atoms with Crippen LogP contribution in [0.1, 0.15) is 38.7 Å². The summed E-state index contributed by atoms with van der Waals surface area (Å²) in [5, 5.41) is 10.00. The zero-order chi connectivity index (χ0) is 18.7. The Labute approximate surface area is 157 Å². The number of rotatable bonds is 5. The standard InChI is InChI=1S/C21H21N3OS/c1-4-14(2)16-9-11-17(12-10-16)24-20(25)18-7-5-6-8-19(18)23-21(24)26-15(3)13-22/h5-12,14-15H,4H2,1-3H3/t14-,15+/m1/s1. The fourth-order valence-corrected chi connectivity index (χ4v) is 3.60. The van der Waals surface area contributed by atoms with Gasteiger partial charge in [0, 0.05) is 0 Å². The molecule has 4 nitrogen and oxygen atoms in total. The van der Waals surface area contributed by atoms with Gasteiger partial charge in [0.05, 0.1) is 27.9 Å². The van der Waals surface area contributed by atoms with Gasteiger partial charge in [0.1, 0.15) is 0 Å². The topological polar surface area (TPSA) is 58.7 Å². The Bertz CT molecular complexity index is 1020. The van der Waals surface area contributed by atoms with Crippen molar-refractivity contribution in [3.05, 3.63) is 64.4 Å². The number of benzene rings is 2. The second kappa shape index (κ2) is 7.76. The number of hydrogen-bond donors (Lipinski definition) is 0. The summed E-state index contributed by atoms with van der Waals surface area (Å²) in [4.78, 5) is 17.8. The third-order valence-corrected chi connectivity index (χ3v) is 5.49. The molecule has 2 aromatic carbocycles. The summed E-state index contributed by atoms with van der Waals surface area (Å²) in [6, 6.07) is 17.6. The van der Waals surface area contributed by atoms with Crippen molar-refractivity contribution in [2.75, 3.05) is 0 Å². The van der Waals surface area contributed by atoms with E-state index in [1.165, 1.54) is 17.3 Å². The maximum atomic E-state index is 13.1. The average molecular weight is 363 g/mol. The van der Waals surface area contributed by atoms with Crippen molar-refractivity contribution in [3.63, 3.8) is 0 Å². The van der Waals surface area contributed by atoms with Crippen molar-refractivity contribution in [2.45, 2.75) is 43.5 Å². The van der Waals surface area contributed by atoms with Gasteiger partial charge in [-0.05, 0) is 49.1 Å². The summed E-state index contributed by atoms with van der Waals surface area (Å²) in [7, 11) is 0. The Morgan fingerprint density at radius 1 is 1.15 bits per heavy atom. The molecule has 132 valence electrons. The van der Waals surface area contributed by atoms with Crippen molar-refractivity contribution in [1.82, 2.24) is 9.55 Å². The Morgan fingerprint density at radius 3 is 2.50 bits per heavy atom. The molecule has 5 heteroatoms. The lowest BCUT2D eigenvalue weighted by atomic mass is 9.98. The number of nitrogens with zero attached hydrogens (tertiary/aromatic N) is 3. The minimum Gasteiger partial charge on any atom is -0.268 e. The van der Waals surface area contributed by atoms with Crippen LogP contribution in [0.3, 0.4) is 0 Å². The molecule has 26 heavy (non-hydrogen) atoms. The van der Waals surface area contributed by atoms with Gasteiger partial charge in [-0.3, -0.25) is 9.36 Å². The number of fused-ring (bicyclic) bond motifs is 1. The number of hydrogen-bond acceptors (Lipinski definition) is 4. The van der Waals surface area contributed by atoms with Crippen molar-refractivity contribution in [1.29, 1.82) is 5.26 Å². The van der Waals surface area contributed by atoms with E-state index in [1.54, 1.807) is 10.6 Å². The molecule has 1 heterocycles. The molecule has 0 amide bonds. The van der Waals surface area contributed by atoms with Gasteiger partial charge in [0.25, 0.3) is 5.56 Å². The van der Waals surface area contributed by atoms with E-state index in [0.29, 0.717) is 22.0 Å². The van der Waals surface area contributed by atoms with E-state index < -0.39 is 0 Å². The van der Waals surface area contributed by atoms with E-state index in [0.717, 1.165) is 12.1 Å². The maximum Gasteiger partial charge on any atom is 0.266 e. The Hall–Kier alpha value is -2.58. The number of thioether (sulfide) groups is 1. The van der Waals surface area contributed by atoms with E-state index in [1.807, 2.05) is 37.3 Å². The van der Waals surface area contributed by atoms with Crippen LogP contribution in [0, 0.1) is 11.3 Å². The molecule has 0 N–H and O–H groups in total. The molecule has 0 spiro atoms. The highest BCUT2D eigenvalue weighted by Crippen LogP contribution is 2.26. The molecule has 0 fully saturated rings. The molecule has 0 radical (unpaired) electrons. The SMILES string of the molecule is CC[C@@H](C)c1ccc(-n2c(S[C@@H](C)C#N)nc3ccccc3c2=O)cc1. The van der Waals surface area contributed by atoms with E-state index in [-0.39, 0.29) is 10.8 Å². The van der Waals surface area contributed by atoms with Gasteiger partial charge >= 0.3 is 0 Å². The van der Waals surface area contributed by atoms with Crippen LogP contribution in [0.5, 0.6) is 0 Å². The molecule has 3 rings (SSSR count). The number of aromatic nitrogens is 2. The molecule has 1 aromatic heterocycles. The van der Waals surface area contributed by atoms with Crippen LogP contribution in [-0.2, 0) is 0 Å². The first-order valence-corrected chi connectivity index (χ1v) is 9.61. The monoisotopic (exact) mass is 363 g/mol. The smallest absolute Gasteiger partial charge is 0.266 e. The molecule has 0 aliphatic heterocycles. The Balaban J connectivity index is 2.19. The van der Waals surface area contributed by atoms with Gasteiger partial charge in [-0.2, -0.15) is 5.26 Å². The summed E-state index contributed by atoms with van der Waals surface area (Å²) in [6.45, 7) is 6.16. The molecule has 0 unspecified atom stereocenters. The minimum atomic E-state index is -0.298. The fraction of sp³-hybridized carbons (Fsp3) is 0.286. The van der Waals surface area contributed by atoms with Crippen molar-refractivity contribution in [3.8, 4) is 11.8 Å². The highest BCUT2D eigenvalue weighted by atomic mass is 32.2. The highest BCUT2D eigenvalue weighted by molar-refractivity contribution is 8.00.